The van der Waals surface area contributed by atoms with Gasteiger partial charge in [-0.05, 0) is 37.5 Å². The van der Waals surface area contributed by atoms with E-state index in [4.69, 9.17) is 4.74 Å². The maximum absolute atomic E-state index is 12.9. The molecule has 7 nitrogen and oxygen atoms in total. The van der Waals surface area contributed by atoms with Gasteiger partial charge in [-0.1, -0.05) is 13.8 Å². The van der Waals surface area contributed by atoms with E-state index in [1.807, 2.05) is 0 Å². The monoisotopic (exact) mass is 385 g/mol. The van der Waals surface area contributed by atoms with Crippen molar-refractivity contribution in [3.05, 3.63) is 30.4 Å². The zero-order valence-corrected chi connectivity index (χ0v) is 17.1. The number of rotatable bonds is 7. The zero-order chi connectivity index (χ0) is 19.7. The average Bonchev–Trinajstić information content (AvgIpc) is 3.42. The van der Waals surface area contributed by atoms with Gasteiger partial charge in [-0.15, -0.1) is 0 Å². The predicted molar refractivity (Wildman–Crippen MR) is 107 cm³/mol. The fraction of sp³-hybridized carbons (Fsp3) is 0.667. The molecule has 1 amide bonds. The van der Waals surface area contributed by atoms with Crippen molar-refractivity contribution in [2.45, 2.75) is 52.2 Å². The highest BCUT2D eigenvalue weighted by Gasteiger charge is 2.40. The first kappa shape index (κ1) is 19.3. The third-order valence-corrected chi connectivity index (χ3v) is 6.15. The lowest BCUT2D eigenvalue weighted by Gasteiger charge is -2.45. The van der Waals surface area contributed by atoms with E-state index in [-0.39, 0.29) is 17.4 Å². The maximum atomic E-state index is 12.9. The molecule has 1 aliphatic heterocycles. The summed E-state index contributed by atoms with van der Waals surface area (Å²) in [6.45, 7) is 10.3. The van der Waals surface area contributed by atoms with Crippen molar-refractivity contribution in [1.29, 1.82) is 0 Å². The van der Waals surface area contributed by atoms with Gasteiger partial charge in [0.15, 0.2) is 0 Å². The molecule has 2 fully saturated rings. The Morgan fingerprint density at radius 3 is 2.89 bits per heavy atom. The molecule has 0 spiro atoms. The van der Waals surface area contributed by atoms with Crippen molar-refractivity contribution in [2.75, 3.05) is 26.2 Å². The summed E-state index contributed by atoms with van der Waals surface area (Å²) in [4.78, 5) is 19.5. The lowest BCUT2D eigenvalue weighted by molar-refractivity contribution is -0.00644. The van der Waals surface area contributed by atoms with Gasteiger partial charge < -0.3 is 15.0 Å². The molecule has 3 heterocycles. The minimum Gasteiger partial charge on any atom is -0.377 e. The van der Waals surface area contributed by atoms with Crippen molar-refractivity contribution < 1.29 is 9.53 Å². The molecule has 1 aliphatic carbocycles. The lowest BCUT2D eigenvalue weighted by atomic mass is 9.78. The maximum Gasteiger partial charge on any atom is 0.255 e. The molecule has 2 unspecified atom stereocenters. The molecule has 2 atom stereocenters. The molecule has 4 rings (SSSR count). The van der Waals surface area contributed by atoms with Gasteiger partial charge in [0.1, 0.15) is 0 Å². The Bertz CT molecular complexity index is 829. The smallest absolute Gasteiger partial charge is 0.255 e. The van der Waals surface area contributed by atoms with E-state index in [9.17, 15) is 4.79 Å². The highest BCUT2D eigenvalue weighted by molar-refractivity contribution is 6.00. The Morgan fingerprint density at radius 2 is 2.18 bits per heavy atom. The molecule has 1 N–H and O–H groups in total. The zero-order valence-electron chi connectivity index (χ0n) is 17.1. The van der Waals surface area contributed by atoms with Crippen molar-refractivity contribution in [2.24, 2.45) is 11.3 Å². The minimum absolute atomic E-state index is 0.00452. The summed E-state index contributed by atoms with van der Waals surface area (Å²) in [5.41, 5.74) is 1.31. The van der Waals surface area contributed by atoms with Gasteiger partial charge >= 0.3 is 0 Å². The van der Waals surface area contributed by atoms with Crippen LogP contribution in [0.5, 0.6) is 0 Å². The first-order valence-corrected chi connectivity index (χ1v) is 10.4. The number of likely N-dealkylation sites (tertiary alicyclic amines) is 1. The second-order valence-corrected chi connectivity index (χ2v) is 8.83. The molecule has 2 aromatic rings. The molecule has 0 radical (unpaired) electrons. The van der Waals surface area contributed by atoms with Gasteiger partial charge in [-0.3, -0.25) is 9.78 Å². The van der Waals surface area contributed by atoms with Crippen molar-refractivity contribution in [1.82, 2.24) is 24.8 Å². The number of hydrogen-bond acceptors (Lipinski definition) is 5. The quantitative estimate of drug-likeness (QED) is 0.792. The van der Waals surface area contributed by atoms with E-state index in [2.05, 4.69) is 41.1 Å². The van der Waals surface area contributed by atoms with Crippen LogP contribution in [0.1, 0.15) is 50.4 Å². The average molecular weight is 386 g/mol. The molecular weight excluding hydrogens is 354 g/mol. The van der Waals surface area contributed by atoms with E-state index in [0.717, 1.165) is 44.1 Å². The number of aromatic nitrogens is 3. The first-order valence-electron chi connectivity index (χ1n) is 10.4. The largest absolute Gasteiger partial charge is 0.377 e. The van der Waals surface area contributed by atoms with E-state index in [0.29, 0.717) is 11.7 Å². The summed E-state index contributed by atoms with van der Waals surface area (Å²) in [5, 5.41) is 7.51. The van der Waals surface area contributed by atoms with E-state index in [1.54, 1.807) is 29.3 Å². The van der Waals surface area contributed by atoms with Gasteiger partial charge in [0.2, 0.25) is 0 Å². The van der Waals surface area contributed by atoms with E-state index in [1.165, 1.54) is 12.8 Å². The summed E-state index contributed by atoms with van der Waals surface area (Å²) >= 11 is 0. The highest BCUT2D eigenvalue weighted by atomic mass is 16.5. The van der Waals surface area contributed by atoms with Crippen LogP contribution >= 0.6 is 0 Å². The number of fused-ring (bicyclic) bond motifs is 1. The minimum atomic E-state index is -0.0697. The van der Waals surface area contributed by atoms with Crippen molar-refractivity contribution in [3.63, 3.8) is 0 Å². The molecule has 152 valence electrons. The SMILES string of the molecule is CCOC(CN1CCC(NC(=O)c2cnn3ccncc23)C(C)(C)C1)C1CC1. The predicted octanol–water partition coefficient (Wildman–Crippen LogP) is 2.37. The number of nitrogens with zero attached hydrogens (tertiary/aromatic N) is 4. The van der Waals surface area contributed by atoms with Crippen LogP contribution in [-0.2, 0) is 4.74 Å². The van der Waals surface area contributed by atoms with E-state index >= 15 is 0 Å². The fourth-order valence-corrected chi connectivity index (χ4v) is 4.41. The fourth-order valence-electron chi connectivity index (χ4n) is 4.41. The Morgan fingerprint density at radius 1 is 1.36 bits per heavy atom. The number of ether oxygens (including phenoxy) is 1. The highest BCUT2D eigenvalue weighted by Crippen LogP contribution is 2.36. The Hall–Kier alpha value is -1.99. The molecule has 1 saturated carbocycles. The summed E-state index contributed by atoms with van der Waals surface area (Å²) in [6.07, 6.45) is 10.6. The molecule has 0 aromatic carbocycles. The van der Waals surface area contributed by atoms with Crippen LogP contribution < -0.4 is 5.32 Å². The summed E-state index contributed by atoms with van der Waals surface area (Å²) in [5.74, 6) is 0.671. The third-order valence-electron chi connectivity index (χ3n) is 6.15. The molecule has 2 aromatic heterocycles. The normalized spacial score (nSPS) is 23.6. The topological polar surface area (TPSA) is 71.8 Å². The van der Waals surface area contributed by atoms with Crippen LogP contribution in [0.3, 0.4) is 0 Å². The number of piperidine rings is 1. The summed E-state index contributed by atoms with van der Waals surface area (Å²) in [6, 6.07) is 0.134. The van der Waals surface area contributed by atoms with Crippen LogP contribution in [0.25, 0.3) is 5.52 Å². The Kier molecular flexibility index (Phi) is 5.38. The van der Waals surface area contributed by atoms with Gasteiger partial charge in [0.25, 0.3) is 5.91 Å². The van der Waals surface area contributed by atoms with E-state index < -0.39 is 0 Å². The van der Waals surface area contributed by atoms with Crippen LogP contribution in [0, 0.1) is 11.3 Å². The van der Waals surface area contributed by atoms with Crippen molar-refractivity contribution >= 4 is 11.4 Å². The van der Waals surface area contributed by atoms with Crippen LogP contribution in [0.2, 0.25) is 0 Å². The Balaban J connectivity index is 1.39. The van der Waals surface area contributed by atoms with Crippen molar-refractivity contribution in [3.8, 4) is 0 Å². The second kappa shape index (κ2) is 7.79. The van der Waals surface area contributed by atoms with Gasteiger partial charge in [-0.25, -0.2) is 4.52 Å². The summed E-state index contributed by atoms with van der Waals surface area (Å²) < 4.78 is 7.67. The van der Waals surface area contributed by atoms with Gasteiger partial charge in [0, 0.05) is 44.7 Å². The molecule has 0 bridgehead atoms. The lowest BCUT2D eigenvalue weighted by Crippen LogP contribution is -2.56. The first-order chi connectivity index (χ1) is 13.5. The number of carbonyl (C=O) groups excluding carboxylic acids is 1. The van der Waals surface area contributed by atoms with Gasteiger partial charge in [-0.2, -0.15) is 5.10 Å². The molecule has 28 heavy (non-hydrogen) atoms. The standard InChI is InChI=1S/C21H31N5O2/c1-4-28-18(15-5-6-15)13-25-9-7-19(21(2,3)14-25)24-20(27)16-11-23-26-10-8-22-12-17(16)26/h8,10-12,15,18-19H,4-7,9,13-14H2,1-3H3,(H,24,27). The van der Waals surface area contributed by atoms with Crippen LogP contribution in [-0.4, -0.2) is 63.8 Å². The second-order valence-electron chi connectivity index (χ2n) is 8.83. The van der Waals surface area contributed by atoms with Gasteiger partial charge in [0.05, 0.1) is 29.6 Å². The molecule has 7 heteroatoms. The molecule has 1 saturated heterocycles. The Labute approximate surface area is 166 Å². The molecular formula is C21H31N5O2. The number of carbonyl (C=O) groups is 1. The third kappa shape index (κ3) is 4.05. The number of amides is 1. The van der Waals surface area contributed by atoms with Crippen LogP contribution in [0.4, 0.5) is 0 Å². The number of nitrogens with one attached hydrogen (secondary N) is 1. The molecule has 2 aliphatic rings. The van der Waals surface area contributed by atoms with Crippen LogP contribution in [0.15, 0.2) is 24.8 Å². The number of hydrogen-bond donors (Lipinski definition) is 1. The summed E-state index contributed by atoms with van der Waals surface area (Å²) in [7, 11) is 0.